The zero-order chi connectivity index (χ0) is 16.4. The van der Waals surface area contributed by atoms with Gasteiger partial charge in [-0.3, -0.25) is 9.59 Å². The van der Waals surface area contributed by atoms with Crippen LogP contribution in [0.15, 0.2) is 53.4 Å². The minimum absolute atomic E-state index is 0.199. The topological polar surface area (TPSA) is 58.2 Å². The zero-order valence-electron chi connectivity index (χ0n) is 12.4. The summed E-state index contributed by atoms with van der Waals surface area (Å²) in [5.41, 5.74) is 1.14. The summed E-state index contributed by atoms with van der Waals surface area (Å²) < 4.78 is 13.2. The lowest BCUT2D eigenvalue weighted by molar-refractivity contribution is -0.123. The first-order chi connectivity index (χ1) is 11.0. The van der Waals surface area contributed by atoms with Gasteiger partial charge in [-0.05, 0) is 30.3 Å². The number of hydrogen-bond acceptors (Lipinski definition) is 3. The summed E-state index contributed by atoms with van der Waals surface area (Å²) in [6.07, 6.45) is 0. The van der Waals surface area contributed by atoms with Crippen LogP contribution in [0.5, 0.6) is 0 Å². The molecule has 0 bridgehead atoms. The molecule has 0 aromatic heterocycles. The van der Waals surface area contributed by atoms with E-state index in [2.05, 4.69) is 10.6 Å². The summed E-state index contributed by atoms with van der Waals surface area (Å²) in [6, 6.07) is 13.1. The Labute approximate surface area is 137 Å². The van der Waals surface area contributed by atoms with Gasteiger partial charge in [0.2, 0.25) is 11.8 Å². The molecule has 3 rings (SSSR count). The number of nitrogens with one attached hydrogen (secondary N) is 2. The molecule has 0 spiro atoms. The molecular formula is C17H15FN2O2S. The highest BCUT2D eigenvalue weighted by atomic mass is 32.2. The molecule has 0 aliphatic carbocycles. The Morgan fingerprint density at radius 3 is 2.83 bits per heavy atom. The third kappa shape index (κ3) is 3.37. The summed E-state index contributed by atoms with van der Waals surface area (Å²) in [5, 5.41) is 4.94. The van der Waals surface area contributed by atoms with Crippen LogP contribution in [0.25, 0.3) is 0 Å². The molecule has 4 nitrogen and oxygen atoms in total. The second-order valence-corrected chi connectivity index (χ2v) is 6.50. The van der Waals surface area contributed by atoms with E-state index in [-0.39, 0.29) is 11.8 Å². The van der Waals surface area contributed by atoms with E-state index in [0.29, 0.717) is 5.69 Å². The molecular weight excluding hydrogens is 315 g/mol. The standard InChI is InChI=1S/C17H15FN2O2S/c1-10(16(21)19-12-6-4-5-11(18)9-12)15-17(22)20-13-7-2-3-8-14(13)23-15/h2-10,15H,1H3,(H,19,21)(H,20,22)/t10-,15-/m0/s1. The number of para-hydroxylation sites is 1. The Balaban J connectivity index is 1.74. The minimum atomic E-state index is -0.559. The number of thioether (sulfide) groups is 1. The average Bonchev–Trinajstić information content (AvgIpc) is 2.53. The van der Waals surface area contributed by atoms with Gasteiger partial charge in [-0.15, -0.1) is 11.8 Å². The maximum Gasteiger partial charge on any atom is 0.238 e. The van der Waals surface area contributed by atoms with Crippen molar-refractivity contribution in [3.8, 4) is 0 Å². The Bertz CT molecular complexity index is 766. The Morgan fingerprint density at radius 1 is 1.26 bits per heavy atom. The molecule has 2 atom stereocenters. The number of amides is 2. The van der Waals surface area contributed by atoms with Crippen molar-refractivity contribution in [1.82, 2.24) is 0 Å². The van der Waals surface area contributed by atoms with Crippen LogP contribution < -0.4 is 10.6 Å². The Morgan fingerprint density at radius 2 is 2.04 bits per heavy atom. The van der Waals surface area contributed by atoms with Gasteiger partial charge in [0.25, 0.3) is 0 Å². The fraction of sp³-hybridized carbons (Fsp3) is 0.176. The first kappa shape index (κ1) is 15.6. The number of hydrogen-bond donors (Lipinski definition) is 2. The minimum Gasteiger partial charge on any atom is -0.326 e. The van der Waals surface area contributed by atoms with Crippen molar-refractivity contribution < 1.29 is 14.0 Å². The van der Waals surface area contributed by atoms with Crippen LogP contribution in [-0.2, 0) is 9.59 Å². The molecule has 1 aliphatic heterocycles. The number of halogens is 1. The quantitative estimate of drug-likeness (QED) is 0.905. The molecule has 2 aromatic carbocycles. The summed E-state index contributed by atoms with van der Waals surface area (Å²) in [5.74, 6) is -1.50. The average molecular weight is 330 g/mol. The highest BCUT2D eigenvalue weighted by Gasteiger charge is 2.35. The molecule has 0 unspecified atom stereocenters. The van der Waals surface area contributed by atoms with Crippen LogP contribution in [0.4, 0.5) is 15.8 Å². The normalized spacial score (nSPS) is 17.8. The van der Waals surface area contributed by atoms with Gasteiger partial charge in [-0.25, -0.2) is 4.39 Å². The van der Waals surface area contributed by atoms with E-state index in [0.717, 1.165) is 10.6 Å². The van der Waals surface area contributed by atoms with E-state index in [1.54, 1.807) is 13.0 Å². The zero-order valence-corrected chi connectivity index (χ0v) is 13.2. The predicted octanol–water partition coefficient (Wildman–Crippen LogP) is 3.51. The molecule has 0 saturated heterocycles. The van der Waals surface area contributed by atoms with Crippen LogP contribution in [0.1, 0.15) is 6.92 Å². The van der Waals surface area contributed by atoms with Crippen molar-refractivity contribution in [3.05, 3.63) is 54.3 Å². The van der Waals surface area contributed by atoms with E-state index < -0.39 is 17.0 Å². The van der Waals surface area contributed by atoms with Gasteiger partial charge in [-0.1, -0.05) is 25.1 Å². The van der Waals surface area contributed by atoms with Crippen LogP contribution in [0.2, 0.25) is 0 Å². The highest BCUT2D eigenvalue weighted by Crippen LogP contribution is 2.38. The fourth-order valence-electron chi connectivity index (χ4n) is 2.36. The van der Waals surface area contributed by atoms with Gasteiger partial charge in [0, 0.05) is 10.6 Å². The molecule has 2 amide bonds. The predicted molar refractivity (Wildman–Crippen MR) is 88.9 cm³/mol. The van der Waals surface area contributed by atoms with Crippen molar-refractivity contribution in [2.75, 3.05) is 10.6 Å². The van der Waals surface area contributed by atoms with Crippen LogP contribution in [0, 0.1) is 11.7 Å². The fourth-order valence-corrected chi connectivity index (χ4v) is 3.53. The van der Waals surface area contributed by atoms with Crippen LogP contribution in [-0.4, -0.2) is 17.1 Å². The lowest BCUT2D eigenvalue weighted by Gasteiger charge is -2.27. The number of carbonyl (C=O) groups is 2. The van der Waals surface area contributed by atoms with Gasteiger partial charge in [0.15, 0.2) is 0 Å². The van der Waals surface area contributed by atoms with E-state index in [4.69, 9.17) is 0 Å². The molecule has 6 heteroatoms. The second kappa shape index (κ2) is 6.42. The molecule has 0 fully saturated rings. The second-order valence-electron chi connectivity index (χ2n) is 5.31. The molecule has 0 radical (unpaired) electrons. The maximum absolute atomic E-state index is 13.2. The third-order valence-corrected chi connectivity index (χ3v) is 5.10. The first-order valence-corrected chi connectivity index (χ1v) is 8.05. The lowest BCUT2D eigenvalue weighted by Crippen LogP contribution is -2.39. The van der Waals surface area contributed by atoms with Crippen molar-refractivity contribution in [1.29, 1.82) is 0 Å². The largest absolute Gasteiger partial charge is 0.326 e. The summed E-state index contributed by atoms with van der Waals surface area (Å²) in [4.78, 5) is 25.5. The van der Waals surface area contributed by atoms with E-state index in [1.807, 2.05) is 24.3 Å². The lowest BCUT2D eigenvalue weighted by atomic mass is 10.1. The SMILES string of the molecule is C[C@H](C(=O)Nc1cccc(F)c1)[C@@H]1Sc2ccccc2NC1=O. The molecule has 2 N–H and O–H groups in total. The first-order valence-electron chi connectivity index (χ1n) is 7.17. The highest BCUT2D eigenvalue weighted by molar-refractivity contribution is 8.01. The number of anilines is 2. The number of benzene rings is 2. The van der Waals surface area contributed by atoms with Gasteiger partial charge < -0.3 is 10.6 Å². The summed E-state index contributed by atoms with van der Waals surface area (Å²) >= 11 is 1.37. The smallest absolute Gasteiger partial charge is 0.238 e. The van der Waals surface area contributed by atoms with E-state index >= 15 is 0 Å². The van der Waals surface area contributed by atoms with Gasteiger partial charge in [0.05, 0.1) is 16.9 Å². The van der Waals surface area contributed by atoms with Gasteiger partial charge >= 0.3 is 0 Å². The number of fused-ring (bicyclic) bond motifs is 1. The summed E-state index contributed by atoms with van der Waals surface area (Å²) in [7, 11) is 0. The van der Waals surface area contributed by atoms with E-state index in [1.165, 1.54) is 30.0 Å². The van der Waals surface area contributed by atoms with Crippen molar-refractivity contribution in [2.24, 2.45) is 5.92 Å². The molecule has 0 saturated carbocycles. The van der Waals surface area contributed by atoms with E-state index in [9.17, 15) is 14.0 Å². The van der Waals surface area contributed by atoms with Gasteiger partial charge in [0.1, 0.15) is 5.82 Å². The van der Waals surface area contributed by atoms with Crippen LogP contribution in [0.3, 0.4) is 0 Å². The Hall–Kier alpha value is -2.34. The summed E-state index contributed by atoms with van der Waals surface area (Å²) in [6.45, 7) is 1.69. The van der Waals surface area contributed by atoms with Crippen molar-refractivity contribution in [2.45, 2.75) is 17.1 Å². The molecule has 1 aliphatic rings. The van der Waals surface area contributed by atoms with Crippen molar-refractivity contribution in [3.63, 3.8) is 0 Å². The van der Waals surface area contributed by atoms with Gasteiger partial charge in [-0.2, -0.15) is 0 Å². The number of rotatable bonds is 3. The van der Waals surface area contributed by atoms with Crippen molar-refractivity contribution >= 4 is 35.0 Å². The monoisotopic (exact) mass is 330 g/mol. The van der Waals surface area contributed by atoms with Crippen LogP contribution >= 0.6 is 11.8 Å². The molecule has 23 heavy (non-hydrogen) atoms. The molecule has 2 aromatic rings. The molecule has 1 heterocycles. The maximum atomic E-state index is 13.2. The number of carbonyl (C=O) groups excluding carboxylic acids is 2. The Kier molecular flexibility index (Phi) is 4.34. The molecule has 118 valence electrons. The third-order valence-electron chi connectivity index (χ3n) is 3.62.